The Hall–Kier alpha value is -0.850. The molecule has 0 aliphatic rings. The topological polar surface area (TPSA) is 52.0 Å². The molecule has 0 unspecified atom stereocenters. The van der Waals surface area contributed by atoms with Crippen molar-refractivity contribution >= 4 is 37.6 Å². The van der Waals surface area contributed by atoms with Crippen LogP contribution in [0, 0.1) is 0 Å². The zero-order chi connectivity index (χ0) is 11.8. The number of hydrogen-bond acceptors (Lipinski definition) is 3. The third-order valence-electron chi connectivity index (χ3n) is 1.89. The largest absolute Gasteiger partial charge is 0.283 e. The number of hydrogen-bond donors (Lipinski definition) is 0. The predicted molar refractivity (Wildman–Crippen MR) is 64.0 cm³/mol. The highest BCUT2D eigenvalue weighted by molar-refractivity contribution is 9.10. The van der Waals surface area contributed by atoms with E-state index >= 15 is 0 Å². The normalized spacial score (nSPS) is 11.6. The Kier molecular flexibility index (Phi) is 3.05. The van der Waals surface area contributed by atoms with Gasteiger partial charge in [0.25, 0.3) is 10.0 Å². The predicted octanol–water partition coefficient (Wildman–Crippen LogP) is 2.54. The molecule has 0 fully saturated rings. The first kappa shape index (κ1) is 11.6. The van der Waals surface area contributed by atoms with Crippen LogP contribution in [0.3, 0.4) is 0 Å². The molecule has 0 atom stereocenters. The van der Waals surface area contributed by atoms with Crippen LogP contribution in [-0.4, -0.2) is 17.6 Å². The summed E-state index contributed by atoms with van der Waals surface area (Å²) in [5.74, 6) is 0. The summed E-state index contributed by atoms with van der Waals surface area (Å²) < 4.78 is 25.2. The van der Waals surface area contributed by atoms with Crippen LogP contribution in [0.5, 0.6) is 0 Å². The summed E-state index contributed by atoms with van der Waals surface area (Å²) in [4.78, 5) is 0.168. The Labute approximate surface area is 106 Å². The number of rotatable bonds is 2. The molecule has 0 radical (unpaired) electrons. The fraction of sp³-hybridized carbons (Fsp3) is 0. The number of benzene rings is 1. The molecule has 0 saturated carbocycles. The molecule has 0 saturated heterocycles. The lowest BCUT2D eigenvalue weighted by molar-refractivity contribution is 0.579. The van der Waals surface area contributed by atoms with E-state index in [9.17, 15) is 8.42 Å². The fourth-order valence-electron chi connectivity index (χ4n) is 1.14. The lowest BCUT2D eigenvalue weighted by atomic mass is 10.4. The van der Waals surface area contributed by atoms with Gasteiger partial charge < -0.3 is 0 Å². The summed E-state index contributed by atoms with van der Waals surface area (Å²) >= 11 is 8.78. The second-order valence-corrected chi connectivity index (χ2v) is 5.91. The van der Waals surface area contributed by atoms with Crippen LogP contribution in [0.1, 0.15) is 0 Å². The summed E-state index contributed by atoms with van der Waals surface area (Å²) in [7, 11) is -3.65. The summed E-state index contributed by atoms with van der Waals surface area (Å²) in [5.41, 5.74) is 0. The first-order valence-corrected chi connectivity index (χ1v) is 6.84. The molecule has 2 aromatic rings. The molecule has 4 nitrogen and oxygen atoms in total. The van der Waals surface area contributed by atoms with Crippen molar-refractivity contribution in [2.75, 3.05) is 0 Å². The standard InChI is InChI=1S/C9H6BrClN2O2S/c10-9-8(11)6-13(12-9)16(14,15)7-4-2-1-3-5-7/h1-6H. The number of aromatic nitrogens is 2. The molecule has 84 valence electrons. The smallest absolute Gasteiger partial charge is 0.199 e. The number of nitrogens with zero attached hydrogens (tertiary/aromatic N) is 2. The van der Waals surface area contributed by atoms with Crippen molar-refractivity contribution < 1.29 is 8.42 Å². The van der Waals surface area contributed by atoms with Crippen LogP contribution in [0.2, 0.25) is 5.02 Å². The highest BCUT2D eigenvalue weighted by atomic mass is 79.9. The van der Waals surface area contributed by atoms with Crippen molar-refractivity contribution in [3.05, 3.63) is 46.2 Å². The Morgan fingerprint density at radius 2 is 1.88 bits per heavy atom. The molecule has 2 rings (SSSR count). The van der Waals surface area contributed by atoms with Crippen LogP contribution >= 0.6 is 27.5 Å². The van der Waals surface area contributed by atoms with Crippen LogP contribution in [0.4, 0.5) is 0 Å². The number of halogens is 2. The molecule has 0 N–H and O–H groups in total. The molecular weight excluding hydrogens is 316 g/mol. The van der Waals surface area contributed by atoms with E-state index in [4.69, 9.17) is 11.6 Å². The summed E-state index contributed by atoms with van der Waals surface area (Å²) in [5, 5.41) is 4.02. The molecule has 1 aromatic heterocycles. The molecular formula is C9H6BrClN2O2S. The highest BCUT2D eigenvalue weighted by Gasteiger charge is 2.19. The van der Waals surface area contributed by atoms with E-state index in [0.717, 1.165) is 4.09 Å². The van der Waals surface area contributed by atoms with Gasteiger partial charge in [0.2, 0.25) is 0 Å². The Balaban J connectivity index is 2.56. The minimum Gasteiger partial charge on any atom is -0.199 e. The van der Waals surface area contributed by atoms with Crippen LogP contribution in [-0.2, 0) is 10.0 Å². The molecule has 0 amide bonds. The minimum atomic E-state index is -3.65. The van der Waals surface area contributed by atoms with E-state index in [1.807, 2.05) is 0 Å². The third kappa shape index (κ3) is 2.00. The van der Waals surface area contributed by atoms with Gasteiger partial charge in [-0.1, -0.05) is 29.8 Å². The second kappa shape index (κ2) is 4.20. The Morgan fingerprint density at radius 1 is 1.25 bits per heavy atom. The Bertz CT molecular complexity index is 590. The van der Waals surface area contributed by atoms with Crippen LogP contribution in [0.25, 0.3) is 0 Å². The summed E-state index contributed by atoms with van der Waals surface area (Å²) in [6, 6.07) is 8.03. The molecule has 16 heavy (non-hydrogen) atoms. The zero-order valence-electron chi connectivity index (χ0n) is 7.84. The quantitative estimate of drug-likeness (QED) is 0.854. The van der Waals surface area contributed by atoms with Crippen molar-refractivity contribution in [2.24, 2.45) is 0 Å². The van der Waals surface area contributed by atoms with Crippen LogP contribution < -0.4 is 0 Å². The van der Waals surface area contributed by atoms with E-state index in [1.54, 1.807) is 18.2 Å². The average Bonchev–Trinajstić information content (AvgIpc) is 2.61. The third-order valence-corrected chi connectivity index (χ3v) is 4.53. The van der Waals surface area contributed by atoms with Gasteiger partial charge >= 0.3 is 0 Å². The van der Waals surface area contributed by atoms with Gasteiger partial charge in [-0.2, -0.15) is 12.5 Å². The van der Waals surface area contributed by atoms with Crippen molar-refractivity contribution in [1.29, 1.82) is 0 Å². The SMILES string of the molecule is O=S(=O)(c1ccccc1)n1cc(Cl)c(Br)n1. The van der Waals surface area contributed by atoms with Gasteiger partial charge in [-0.15, -0.1) is 5.10 Å². The van der Waals surface area contributed by atoms with Gasteiger partial charge in [0.15, 0.2) is 0 Å². The van der Waals surface area contributed by atoms with E-state index < -0.39 is 10.0 Å². The minimum absolute atomic E-state index is 0.168. The highest BCUT2D eigenvalue weighted by Crippen LogP contribution is 2.22. The van der Waals surface area contributed by atoms with Crippen LogP contribution in [0.15, 0.2) is 46.0 Å². The molecule has 7 heteroatoms. The lowest BCUT2D eigenvalue weighted by Crippen LogP contribution is -2.13. The average molecular weight is 322 g/mol. The maximum atomic E-state index is 12.0. The van der Waals surface area contributed by atoms with Crippen molar-refractivity contribution in [2.45, 2.75) is 4.90 Å². The summed E-state index contributed by atoms with van der Waals surface area (Å²) in [6.45, 7) is 0. The van der Waals surface area contributed by atoms with E-state index in [-0.39, 0.29) is 9.92 Å². The van der Waals surface area contributed by atoms with E-state index in [2.05, 4.69) is 21.0 Å². The van der Waals surface area contributed by atoms with Gasteiger partial charge in [0, 0.05) is 0 Å². The molecule has 1 aromatic carbocycles. The molecule has 0 spiro atoms. The molecule has 0 aliphatic carbocycles. The van der Waals surface area contributed by atoms with Gasteiger partial charge in [-0.25, -0.2) is 0 Å². The van der Waals surface area contributed by atoms with Crippen molar-refractivity contribution in [3.8, 4) is 0 Å². The van der Waals surface area contributed by atoms with Gasteiger partial charge in [-0.3, -0.25) is 0 Å². The van der Waals surface area contributed by atoms with Crippen molar-refractivity contribution in [3.63, 3.8) is 0 Å². The van der Waals surface area contributed by atoms with E-state index in [1.165, 1.54) is 18.3 Å². The molecule has 0 bridgehead atoms. The first-order chi connectivity index (χ1) is 7.51. The van der Waals surface area contributed by atoms with E-state index in [0.29, 0.717) is 4.60 Å². The van der Waals surface area contributed by atoms with Crippen molar-refractivity contribution in [1.82, 2.24) is 9.19 Å². The Morgan fingerprint density at radius 3 is 2.38 bits per heavy atom. The zero-order valence-corrected chi connectivity index (χ0v) is 11.0. The maximum absolute atomic E-state index is 12.0. The first-order valence-electron chi connectivity index (χ1n) is 4.23. The van der Waals surface area contributed by atoms with Gasteiger partial charge in [0.05, 0.1) is 16.1 Å². The monoisotopic (exact) mass is 320 g/mol. The van der Waals surface area contributed by atoms with Gasteiger partial charge in [-0.05, 0) is 28.1 Å². The lowest BCUT2D eigenvalue weighted by Gasteiger charge is -2.02. The molecule has 0 aliphatic heterocycles. The molecule has 1 heterocycles. The second-order valence-electron chi connectivity index (χ2n) is 2.96. The fourth-order valence-corrected chi connectivity index (χ4v) is 2.85. The maximum Gasteiger partial charge on any atom is 0.283 e. The van der Waals surface area contributed by atoms with Gasteiger partial charge in [0.1, 0.15) is 4.60 Å². The summed E-state index contributed by atoms with van der Waals surface area (Å²) in [6.07, 6.45) is 1.24.